The lowest BCUT2D eigenvalue weighted by molar-refractivity contribution is -0.123. The molecule has 2 rings (SSSR count). The minimum atomic E-state index is -0.267. The van der Waals surface area contributed by atoms with Crippen molar-refractivity contribution in [3.63, 3.8) is 0 Å². The standard InChI is InChI=1S/C14H16Cl2N4O2/c1-2-5-20-9-18-19-13(20)7-17-14(21)8-22-12-4-3-10(15)6-11(12)16/h3-4,6,9H,2,5,7-8H2,1H3,(H,17,21). The van der Waals surface area contributed by atoms with Crippen LogP contribution < -0.4 is 10.1 Å². The second kappa shape index (κ2) is 8.00. The topological polar surface area (TPSA) is 69.0 Å². The molecule has 0 aliphatic heterocycles. The van der Waals surface area contributed by atoms with Gasteiger partial charge in [-0.3, -0.25) is 4.79 Å². The molecular weight excluding hydrogens is 327 g/mol. The number of hydrogen-bond acceptors (Lipinski definition) is 4. The zero-order valence-corrected chi connectivity index (χ0v) is 13.6. The van der Waals surface area contributed by atoms with Crippen molar-refractivity contribution < 1.29 is 9.53 Å². The molecule has 0 fully saturated rings. The highest BCUT2D eigenvalue weighted by Crippen LogP contribution is 2.27. The fraction of sp³-hybridized carbons (Fsp3) is 0.357. The Labute approximate surface area is 138 Å². The van der Waals surface area contributed by atoms with Gasteiger partial charge in [0.25, 0.3) is 5.91 Å². The van der Waals surface area contributed by atoms with Crippen molar-refractivity contribution in [1.29, 1.82) is 0 Å². The van der Waals surface area contributed by atoms with Crippen molar-refractivity contribution in [3.8, 4) is 5.75 Å². The lowest BCUT2D eigenvalue weighted by Crippen LogP contribution is -2.29. The first-order valence-electron chi connectivity index (χ1n) is 6.81. The van der Waals surface area contributed by atoms with E-state index in [-0.39, 0.29) is 12.5 Å². The Morgan fingerprint density at radius 1 is 1.41 bits per heavy atom. The molecular formula is C14H16Cl2N4O2. The number of benzene rings is 1. The van der Waals surface area contributed by atoms with Gasteiger partial charge >= 0.3 is 0 Å². The van der Waals surface area contributed by atoms with Crippen molar-refractivity contribution in [1.82, 2.24) is 20.1 Å². The Kier molecular flexibility index (Phi) is 6.03. The largest absolute Gasteiger partial charge is 0.482 e. The second-order valence-corrected chi connectivity index (χ2v) is 5.42. The highest BCUT2D eigenvalue weighted by atomic mass is 35.5. The van der Waals surface area contributed by atoms with E-state index < -0.39 is 0 Å². The number of hydrogen-bond donors (Lipinski definition) is 1. The minimum Gasteiger partial charge on any atom is -0.482 e. The average Bonchev–Trinajstić information content (AvgIpc) is 2.92. The third-order valence-corrected chi connectivity index (χ3v) is 3.39. The Hall–Kier alpha value is -1.79. The van der Waals surface area contributed by atoms with Gasteiger partial charge < -0.3 is 14.6 Å². The number of carbonyl (C=O) groups is 1. The van der Waals surface area contributed by atoms with Gasteiger partial charge in [0.05, 0.1) is 11.6 Å². The molecule has 118 valence electrons. The number of nitrogens with one attached hydrogen (secondary N) is 1. The van der Waals surface area contributed by atoms with Crippen molar-refractivity contribution in [3.05, 3.63) is 40.4 Å². The quantitative estimate of drug-likeness (QED) is 0.839. The maximum atomic E-state index is 11.8. The third-order valence-electron chi connectivity index (χ3n) is 2.86. The summed E-state index contributed by atoms with van der Waals surface area (Å²) in [6.07, 6.45) is 2.62. The maximum Gasteiger partial charge on any atom is 0.258 e. The summed E-state index contributed by atoms with van der Waals surface area (Å²) in [6, 6.07) is 4.83. The first-order chi connectivity index (χ1) is 10.6. The first-order valence-corrected chi connectivity index (χ1v) is 7.57. The molecule has 1 amide bonds. The third kappa shape index (κ3) is 4.61. The van der Waals surface area contributed by atoms with Gasteiger partial charge in [0, 0.05) is 11.6 Å². The van der Waals surface area contributed by atoms with Gasteiger partial charge in [-0.05, 0) is 24.6 Å². The molecule has 0 bridgehead atoms. The van der Waals surface area contributed by atoms with Crippen LogP contribution in [0.15, 0.2) is 24.5 Å². The number of nitrogens with zero attached hydrogens (tertiary/aromatic N) is 3. The number of aromatic nitrogens is 3. The summed E-state index contributed by atoms with van der Waals surface area (Å²) in [5, 5.41) is 11.4. The number of amides is 1. The first kappa shape index (κ1) is 16.6. The van der Waals surface area contributed by atoms with E-state index in [0.717, 1.165) is 13.0 Å². The van der Waals surface area contributed by atoms with Crippen LogP contribution in [-0.4, -0.2) is 27.3 Å². The van der Waals surface area contributed by atoms with Crippen LogP contribution in [0.4, 0.5) is 0 Å². The van der Waals surface area contributed by atoms with Gasteiger partial charge in [0.1, 0.15) is 12.1 Å². The molecule has 2 aromatic rings. The molecule has 0 radical (unpaired) electrons. The van der Waals surface area contributed by atoms with Crippen molar-refractivity contribution >= 4 is 29.1 Å². The van der Waals surface area contributed by atoms with E-state index in [0.29, 0.717) is 28.2 Å². The summed E-state index contributed by atoms with van der Waals surface area (Å²) >= 11 is 11.8. The number of ether oxygens (including phenoxy) is 1. The van der Waals surface area contributed by atoms with Crippen LogP contribution in [0.2, 0.25) is 10.0 Å². The Morgan fingerprint density at radius 2 is 2.23 bits per heavy atom. The fourth-order valence-corrected chi connectivity index (χ4v) is 2.27. The van der Waals surface area contributed by atoms with Gasteiger partial charge in [-0.1, -0.05) is 30.1 Å². The van der Waals surface area contributed by atoms with Gasteiger partial charge in [0.2, 0.25) is 0 Å². The van der Waals surface area contributed by atoms with Crippen molar-refractivity contribution in [2.24, 2.45) is 0 Å². The molecule has 0 saturated carbocycles. The molecule has 0 unspecified atom stereocenters. The number of aryl methyl sites for hydroxylation is 1. The van der Waals surface area contributed by atoms with Gasteiger partial charge in [-0.15, -0.1) is 10.2 Å². The molecule has 1 aromatic heterocycles. The molecule has 8 heteroatoms. The maximum absolute atomic E-state index is 11.8. The van der Waals surface area contributed by atoms with Crippen LogP contribution in [0, 0.1) is 0 Å². The molecule has 1 N–H and O–H groups in total. The SMILES string of the molecule is CCCn1cnnc1CNC(=O)COc1ccc(Cl)cc1Cl. The molecule has 0 aliphatic rings. The van der Waals surface area contributed by atoms with E-state index in [2.05, 4.69) is 22.4 Å². The molecule has 0 saturated heterocycles. The van der Waals surface area contributed by atoms with Crippen LogP contribution in [0.25, 0.3) is 0 Å². The van der Waals surface area contributed by atoms with E-state index in [1.54, 1.807) is 24.5 Å². The van der Waals surface area contributed by atoms with Gasteiger partial charge in [-0.2, -0.15) is 0 Å². The summed E-state index contributed by atoms with van der Waals surface area (Å²) < 4.78 is 7.26. The lowest BCUT2D eigenvalue weighted by Gasteiger charge is -2.09. The molecule has 1 aromatic carbocycles. The highest BCUT2D eigenvalue weighted by molar-refractivity contribution is 6.35. The summed E-state index contributed by atoms with van der Waals surface area (Å²) in [4.78, 5) is 11.8. The Bertz CT molecular complexity index is 646. The van der Waals surface area contributed by atoms with Crippen LogP contribution in [0.5, 0.6) is 5.75 Å². The molecule has 6 nitrogen and oxygen atoms in total. The van der Waals surface area contributed by atoms with E-state index in [1.165, 1.54) is 0 Å². The number of carbonyl (C=O) groups excluding carboxylic acids is 1. The smallest absolute Gasteiger partial charge is 0.258 e. The van der Waals surface area contributed by atoms with E-state index in [4.69, 9.17) is 27.9 Å². The second-order valence-electron chi connectivity index (χ2n) is 4.58. The monoisotopic (exact) mass is 342 g/mol. The predicted octanol–water partition coefficient (Wildman–Crippen LogP) is 2.69. The molecule has 0 spiro atoms. The van der Waals surface area contributed by atoms with Gasteiger partial charge in [-0.25, -0.2) is 0 Å². The van der Waals surface area contributed by atoms with Crippen LogP contribution in [0.1, 0.15) is 19.2 Å². The van der Waals surface area contributed by atoms with Crippen molar-refractivity contribution in [2.45, 2.75) is 26.4 Å². The average molecular weight is 343 g/mol. The summed E-state index contributed by atoms with van der Waals surface area (Å²) in [5.41, 5.74) is 0. The van der Waals surface area contributed by atoms with Crippen LogP contribution in [-0.2, 0) is 17.9 Å². The molecule has 0 atom stereocenters. The lowest BCUT2D eigenvalue weighted by atomic mass is 10.3. The molecule has 0 aliphatic carbocycles. The van der Waals surface area contributed by atoms with E-state index in [9.17, 15) is 4.79 Å². The zero-order valence-electron chi connectivity index (χ0n) is 12.1. The molecule has 1 heterocycles. The van der Waals surface area contributed by atoms with Crippen LogP contribution >= 0.6 is 23.2 Å². The van der Waals surface area contributed by atoms with E-state index >= 15 is 0 Å². The van der Waals surface area contributed by atoms with Gasteiger partial charge in [0.15, 0.2) is 12.4 Å². The normalized spacial score (nSPS) is 10.5. The predicted molar refractivity (Wildman–Crippen MR) is 84.1 cm³/mol. The summed E-state index contributed by atoms with van der Waals surface area (Å²) in [5.74, 6) is 0.854. The van der Waals surface area contributed by atoms with Crippen molar-refractivity contribution in [2.75, 3.05) is 6.61 Å². The van der Waals surface area contributed by atoms with E-state index in [1.807, 2.05) is 4.57 Å². The Morgan fingerprint density at radius 3 is 2.95 bits per heavy atom. The number of rotatable bonds is 7. The fourth-order valence-electron chi connectivity index (χ4n) is 1.81. The number of halogens is 2. The van der Waals surface area contributed by atoms with Crippen LogP contribution in [0.3, 0.4) is 0 Å². The zero-order chi connectivity index (χ0) is 15.9. The summed E-state index contributed by atoms with van der Waals surface area (Å²) in [7, 11) is 0. The molecule has 22 heavy (non-hydrogen) atoms. The highest BCUT2D eigenvalue weighted by Gasteiger charge is 2.09. The minimum absolute atomic E-state index is 0.136. The summed E-state index contributed by atoms with van der Waals surface area (Å²) in [6.45, 7) is 3.04. The Balaban J connectivity index is 1.81.